The van der Waals surface area contributed by atoms with Crippen LogP contribution in [0.25, 0.3) is 11.1 Å². The number of hydrogen-bond acceptors (Lipinski definition) is 6. The summed E-state index contributed by atoms with van der Waals surface area (Å²) in [7, 11) is 0. The van der Waals surface area contributed by atoms with Crippen LogP contribution in [0, 0.1) is 28.1 Å². The van der Waals surface area contributed by atoms with Crippen molar-refractivity contribution < 1.29 is 4.79 Å². The second kappa shape index (κ2) is 7.38. The van der Waals surface area contributed by atoms with E-state index in [0.717, 1.165) is 0 Å². The molecule has 25 heavy (non-hydrogen) atoms. The Morgan fingerprint density at radius 1 is 1.16 bits per heavy atom. The molecule has 2 rings (SSSR count). The van der Waals surface area contributed by atoms with Crippen LogP contribution in [0.15, 0.2) is 35.4 Å². The van der Waals surface area contributed by atoms with Gasteiger partial charge in [0.1, 0.15) is 34.3 Å². The molecule has 2 aromatic rings. The Bertz CT molecular complexity index is 887. The quantitative estimate of drug-likeness (QED) is 0.842. The molecule has 0 aliphatic rings. The predicted octanol–water partition coefficient (Wildman–Crippen LogP) is 3.78. The number of nitrogens with zero attached hydrogens (tertiary/aromatic N) is 3. The highest BCUT2D eigenvalue weighted by atomic mass is 32.2. The number of pyridine rings is 1. The van der Waals surface area contributed by atoms with E-state index in [9.17, 15) is 15.3 Å². The van der Waals surface area contributed by atoms with Crippen LogP contribution < -0.4 is 5.73 Å². The average Bonchev–Trinajstić information content (AvgIpc) is 2.58. The number of carbonyl (C=O) groups is 1. The number of aromatic nitrogens is 1. The average molecular weight is 350 g/mol. The summed E-state index contributed by atoms with van der Waals surface area (Å²) in [4.78, 5) is 16.4. The van der Waals surface area contributed by atoms with Gasteiger partial charge in [-0.3, -0.25) is 4.79 Å². The molecule has 0 fully saturated rings. The van der Waals surface area contributed by atoms with Gasteiger partial charge >= 0.3 is 0 Å². The lowest BCUT2D eigenvalue weighted by molar-refractivity contribution is -0.123. The summed E-state index contributed by atoms with van der Waals surface area (Å²) in [5.74, 6) is 0.295. The van der Waals surface area contributed by atoms with Gasteiger partial charge in [0.2, 0.25) is 0 Å². The van der Waals surface area contributed by atoms with Gasteiger partial charge in [0, 0.05) is 11.0 Å². The summed E-state index contributed by atoms with van der Waals surface area (Å²) in [6.45, 7) is 5.53. The van der Waals surface area contributed by atoms with E-state index in [-0.39, 0.29) is 28.5 Å². The summed E-state index contributed by atoms with van der Waals surface area (Å²) in [5, 5.41) is 19.5. The zero-order valence-electron chi connectivity index (χ0n) is 14.3. The standard InChI is InChI=1S/C19H18N4OS/c1-19(2,3)15(24)11-25-18-14(10-21)16(12-7-5-4-6-8-12)13(9-20)17(22)23-18/h4-8H,11H2,1-3H3,(H2,22,23). The smallest absolute Gasteiger partial charge is 0.148 e. The lowest BCUT2D eigenvalue weighted by atomic mass is 9.92. The fraction of sp³-hybridized carbons (Fsp3) is 0.263. The molecular weight excluding hydrogens is 332 g/mol. The van der Waals surface area contributed by atoms with Gasteiger partial charge in [-0.1, -0.05) is 62.9 Å². The van der Waals surface area contributed by atoms with Gasteiger partial charge in [0.15, 0.2) is 0 Å². The molecule has 5 nitrogen and oxygen atoms in total. The van der Waals surface area contributed by atoms with Crippen LogP contribution in [-0.4, -0.2) is 16.5 Å². The first kappa shape index (κ1) is 18.5. The van der Waals surface area contributed by atoms with E-state index < -0.39 is 5.41 Å². The van der Waals surface area contributed by atoms with E-state index in [0.29, 0.717) is 16.2 Å². The van der Waals surface area contributed by atoms with Gasteiger partial charge in [0.25, 0.3) is 0 Å². The molecule has 0 saturated carbocycles. The molecule has 6 heteroatoms. The molecule has 0 aliphatic heterocycles. The highest BCUT2D eigenvalue weighted by Gasteiger charge is 2.24. The molecule has 2 N–H and O–H groups in total. The van der Waals surface area contributed by atoms with E-state index in [2.05, 4.69) is 11.1 Å². The fourth-order valence-corrected chi connectivity index (χ4v) is 3.30. The van der Waals surface area contributed by atoms with Crippen molar-refractivity contribution in [1.82, 2.24) is 4.98 Å². The lowest BCUT2D eigenvalue weighted by Gasteiger charge is -2.17. The zero-order chi connectivity index (χ0) is 18.6. The topological polar surface area (TPSA) is 104 Å². The maximum Gasteiger partial charge on any atom is 0.148 e. The van der Waals surface area contributed by atoms with Crippen molar-refractivity contribution in [2.75, 3.05) is 11.5 Å². The van der Waals surface area contributed by atoms with Gasteiger partial charge in [-0.25, -0.2) is 4.98 Å². The third-order valence-corrected chi connectivity index (χ3v) is 4.63. The van der Waals surface area contributed by atoms with E-state index in [1.54, 1.807) is 0 Å². The first-order valence-electron chi connectivity index (χ1n) is 7.64. The first-order chi connectivity index (χ1) is 11.8. The Hall–Kier alpha value is -2.83. The van der Waals surface area contributed by atoms with E-state index in [1.807, 2.05) is 57.2 Å². The fourth-order valence-electron chi connectivity index (χ4n) is 2.15. The Labute approximate surface area is 151 Å². The molecule has 0 amide bonds. The third kappa shape index (κ3) is 3.99. The minimum absolute atomic E-state index is 0.0485. The maximum absolute atomic E-state index is 12.2. The van der Waals surface area contributed by atoms with Crippen LogP contribution in [0.3, 0.4) is 0 Å². The largest absolute Gasteiger partial charge is 0.383 e. The number of rotatable bonds is 4. The number of hydrogen-bond donors (Lipinski definition) is 1. The van der Waals surface area contributed by atoms with Crippen molar-refractivity contribution in [2.24, 2.45) is 5.41 Å². The summed E-state index contributed by atoms with van der Waals surface area (Å²) in [6.07, 6.45) is 0. The number of benzene rings is 1. The second-order valence-electron chi connectivity index (χ2n) is 6.48. The van der Waals surface area contributed by atoms with Gasteiger partial charge in [0.05, 0.1) is 11.3 Å². The Morgan fingerprint density at radius 2 is 1.76 bits per heavy atom. The van der Waals surface area contributed by atoms with E-state index in [4.69, 9.17) is 5.73 Å². The molecule has 0 radical (unpaired) electrons. The summed E-state index contributed by atoms with van der Waals surface area (Å²) in [6, 6.07) is 13.3. The Kier molecular flexibility index (Phi) is 5.46. The number of Topliss-reactive ketones (excluding diaryl/α,β-unsaturated/α-hetero) is 1. The molecular formula is C19H18N4OS. The highest BCUT2D eigenvalue weighted by Crippen LogP contribution is 2.36. The van der Waals surface area contributed by atoms with Crippen molar-refractivity contribution in [3.8, 4) is 23.3 Å². The lowest BCUT2D eigenvalue weighted by Crippen LogP contribution is -2.22. The van der Waals surface area contributed by atoms with E-state index in [1.165, 1.54) is 11.8 Å². The van der Waals surface area contributed by atoms with Gasteiger partial charge in [-0.05, 0) is 5.56 Å². The number of thioether (sulfide) groups is 1. The monoisotopic (exact) mass is 350 g/mol. The van der Waals surface area contributed by atoms with Crippen LogP contribution in [-0.2, 0) is 4.79 Å². The van der Waals surface area contributed by atoms with Crippen molar-refractivity contribution in [1.29, 1.82) is 10.5 Å². The van der Waals surface area contributed by atoms with E-state index >= 15 is 0 Å². The number of nitrogens with two attached hydrogens (primary N) is 1. The number of anilines is 1. The number of nitriles is 2. The maximum atomic E-state index is 12.2. The number of nitrogen functional groups attached to an aromatic ring is 1. The van der Waals surface area contributed by atoms with Crippen LogP contribution in [0.5, 0.6) is 0 Å². The highest BCUT2D eigenvalue weighted by molar-refractivity contribution is 8.00. The molecule has 0 atom stereocenters. The minimum atomic E-state index is -0.472. The second-order valence-corrected chi connectivity index (χ2v) is 7.44. The van der Waals surface area contributed by atoms with Crippen LogP contribution in [0.1, 0.15) is 31.9 Å². The van der Waals surface area contributed by atoms with Gasteiger partial charge in [-0.15, -0.1) is 0 Å². The van der Waals surface area contributed by atoms with Crippen LogP contribution >= 0.6 is 11.8 Å². The van der Waals surface area contributed by atoms with Gasteiger partial charge < -0.3 is 5.73 Å². The predicted molar refractivity (Wildman–Crippen MR) is 98.7 cm³/mol. The number of carbonyl (C=O) groups excluding carboxylic acids is 1. The van der Waals surface area contributed by atoms with Crippen molar-refractivity contribution in [3.63, 3.8) is 0 Å². The molecule has 0 saturated heterocycles. The summed E-state index contributed by atoms with van der Waals surface area (Å²) >= 11 is 1.18. The Balaban J connectivity index is 2.57. The van der Waals surface area contributed by atoms with Crippen molar-refractivity contribution in [3.05, 3.63) is 41.5 Å². The van der Waals surface area contributed by atoms with Crippen LogP contribution in [0.2, 0.25) is 0 Å². The summed E-state index contributed by atoms with van der Waals surface area (Å²) < 4.78 is 0. The molecule has 126 valence electrons. The zero-order valence-corrected chi connectivity index (χ0v) is 15.1. The van der Waals surface area contributed by atoms with Crippen molar-refractivity contribution in [2.45, 2.75) is 25.8 Å². The molecule has 0 bridgehead atoms. The SMILES string of the molecule is CC(C)(C)C(=O)CSc1nc(N)c(C#N)c(-c2ccccc2)c1C#N. The third-order valence-electron chi connectivity index (χ3n) is 3.65. The normalized spacial score (nSPS) is 10.8. The van der Waals surface area contributed by atoms with Crippen molar-refractivity contribution >= 4 is 23.4 Å². The molecule has 1 aromatic carbocycles. The molecule has 1 heterocycles. The Morgan fingerprint density at radius 3 is 2.28 bits per heavy atom. The van der Waals surface area contributed by atoms with Gasteiger partial charge in [-0.2, -0.15) is 10.5 Å². The first-order valence-corrected chi connectivity index (χ1v) is 8.63. The summed E-state index contributed by atoms with van der Waals surface area (Å²) in [5.41, 5.74) is 7.09. The molecule has 0 spiro atoms. The molecule has 0 aliphatic carbocycles. The minimum Gasteiger partial charge on any atom is -0.383 e. The molecule has 0 unspecified atom stereocenters. The number of ketones is 1. The van der Waals surface area contributed by atoms with Crippen LogP contribution in [0.4, 0.5) is 5.82 Å². The molecule has 1 aromatic heterocycles.